The molecule has 5 nitrogen and oxygen atoms in total. The maximum Gasteiger partial charge on any atom is 0.142 e. The molecule has 0 spiro atoms. The summed E-state index contributed by atoms with van der Waals surface area (Å²) >= 11 is 12.0. The predicted molar refractivity (Wildman–Crippen MR) is 126 cm³/mol. The number of halogens is 1. The molecule has 1 aliphatic heterocycles. The van der Waals surface area contributed by atoms with Crippen LogP contribution < -0.4 is 9.64 Å². The number of hydrogen-bond acceptors (Lipinski definition) is 5. The average Bonchev–Trinajstić information content (AvgIpc) is 2.82. The van der Waals surface area contributed by atoms with Gasteiger partial charge in [0.05, 0.1) is 10.6 Å². The summed E-state index contributed by atoms with van der Waals surface area (Å²) in [5.41, 5.74) is 3.11. The van der Waals surface area contributed by atoms with Gasteiger partial charge in [0.15, 0.2) is 0 Å². The lowest BCUT2D eigenvalue weighted by Crippen LogP contribution is -2.38. The minimum Gasteiger partial charge on any atom is -0.489 e. The van der Waals surface area contributed by atoms with Gasteiger partial charge < -0.3 is 9.64 Å². The summed E-state index contributed by atoms with van der Waals surface area (Å²) in [4.78, 5) is 6.68. The Balaban J connectivity index is 1.42. The number of aryl methyl sites for hydroxylation is 1. The number of anilines is 1. The molecule has 0 saturated carbocycles. The van der Waals surface area contributed by atoms with Gasteiger partial charge in [-0.2, -0.15) is 5.26 Å². The maximum atomic E-state index is 8.93. The molecule has 3 aromatic rings. The summed E-state index contributed by atoms with van der Waals surface area (Å²) in [5, 5.41) is 9.42. The summed E-state index contributed by atoms with van der Waals surface area (Å²) in [7, 11) is 0. The quantitative estimate of drug-likeness (QED) is 0.464. The van der Waals surface area contributed by atoms with E-state index >= 15 is 0 Å². The van der Waals surface area contributed by atoms with Crippen LogP contribution in [0.15, 0.2) is 54.9 Å². The maximum absolute atomic E-state index is 8.93. The van der Waals surface area contributed by atoms with Crippen LogP contribution in [0.1, 0.15) is 30.9 Å². The molecule has 158 valence electrons. The van der Waals surface area contributed by atoms with Gasteiger partial charge in [0.2, 0.25) is 0 Å². The largest absolute Gasteiger partial charge is 0.489 e. The molecule has 1 saturated heterocycles. The van der Waals surface area contributed by atoms with E-state index in [1.807, 2.05) is 0 Å². The molecule has 0 atom stereocenters. The van der Waals surface area contributed by atoms with E-state index in [0.717, 1.165) is 32.4 Å². The predicted octanol–water partition coefficient (Wildman–Crippen LogP) is 5.74. The zero-order valence-electron chi connectivity index (χ0n) is 17.3. The van der Waals surface area contributed by atoms with E-state index < -0.39 is 0 Å². The van der Waals surface area contributed by atoms with E-state index in [-0.39, 0.29) is 6.10 Å². The van der Waals surface area contributed by atoms with Crippen molar-refractivity contribution in [1.29, 1.82) is 5.26 Å². The Morgan fingerprint density at radius 3 is 2.55 bits per heavy atom. The second-order valence-corrected chi connectivity index (χ2v) is 8.36. The lowest BCUT2D eigenvalue weighted by atomic mass is 10.1. The van der Waals surface area contributed by atoms with E-state index in [2.05, 4.69) is 47.1 Å². The molecular formula is C24H23ClN4OS. The van der Waals surface area contributed by atoms with Crippen molar-refractivity contribution in [3.8, 4) is 17.6 Å². The molecule has 1 aliphatic rings. The Hall–Kier alpha value is -2.88. The van der Waals surface area contributed by atoms with Gasteiger partial charge in [-0.15, -0.1) is 0 Å². The van der Waals surface area contributed by atoms with Crippen LogP contribution in [0.25, 0.3) is 5.82 Å². The molecule has 0 bridgehead atoms. The topological polar surface area (TPSA) is 54.1 Å². The van der Waals surface area contributed by atoms with Crippen molar-refractivity contribution in [3.63, 3.8) is 0 Å². The summed E-state index contributed by atoms with van der Waals surface area (Å²) in [6.07, 6.45) is 6.23. The third-order valence-electron chi connectivity index (χ3n) is 5.54. The van der Waals surface area contributed by atoms with E-state index in [4.69, 9.17) is 33.8 Å². The van der Waals surface area contributed by atoms with Gasteiger partial charge in [-0.05, 0) is 36.2 Å². The highest BCUT2D eigenvalue weighted by Gasteiger charge is 2.22. The zero-order valence-corrected chi connectivity index (χ0v) is 18.9. The van der Waals surface area contributed by atoms with Crippen molar-refractivity contribution in [3.05, 3.63) is 75.6 Å². The first-order chi connectivity index (χ1) is 15.1. The highest BCUT2D eigenvalue weighted by Crippen LogP contribution is 2.29. The minimum atomic E-state index is 0.0990. The number of aromatic nitrogens is 2. The molecule has 0 N–H and O–H groups in total. The number of nitriles is 1. The monoisotopic (exact) mass is 450 g/mol. The molecule has 0 amide bonds. The third kappa shape index (κ3) is 4.90. The second-order valence-electron chi connectivity index (χ2n) is 7.54. The lowest BCUT2D eigenvalue weighted by molar-refractivity contribution is 0.171. The number of hydrogen-bond donors (Lipinski definition) is 0. The van der Waals surface area contributed by atoms with Gasteiger partial charge in [0.1, 0.15) is 28.4 Å². The van der Waals surface area contributed by atoms with E-state index in [0.29, 0.717) is 26.8 Å². The Labute approximate surface area is 192 Å². The normalized spacial score (nSPS) is 14.3. The molecular weight excluding hydrogens is 428 g/mol. The Bertz CT molecular complexity index is 1140. The SMILES string of the molecule is CCc1ccc(N2CCC(Oc3cc(=S)n(-c4ccc(C#N)cn4)cc3Cl)CC2)cc1. The fourth-order valence-electron chi connectivity index (χ4n) is 3.71. The van der Waals surface area contributed by atoms with Crippen LogP contribution in [0.5, 0.6) is 5.75 Å². The van der Waals surface area contributed by atoms with Crippen LogP contribution >= 0.6 is 23.8 Å². The number of ether oxygens (including phenoxy) is 1. The lowest BCUT2D eigenvalue weighted by Gasteiger charge is -2.34. The fourth-order valence-corrected chi connectivity index (χ4v) is 4.16. The van der Waals surface area contributed by atoms with Gasteiger partial charge in [0.25, 0.3) is 0 Å². The average molecular weight is 451 g/mol. The summed E-state index contributed by atoms with van der Waals surface area (Å²) in [6, 6.07) is 16.1. The number of nitrogens with zero attached hydrogens (tertiary/aromatic N) is 4. The third-order valence-corrected chi connectivity index (χ3v) is 6.14. The number of pyridine rings is 2. The van der Waals surface area contributed by atoms with Crippen molar-refractivity contribution in [2.75, 3.05) is 18.0 Å². The van der Waals surface area contributed by atoms with Crippen LogP contribution in [0.3, 0.4) is 0 Å². The molecule has 0 aliphatic carbocycles. The van der Waals surface area contributed by atoms with Crippen molar-refractivity contribution >= 4 is 29.5 Å². The summed E-state index contributed by atoms with van der Waals surface area (Å²) in [6.45, 7) is 4.05. The highest BCUT2D eigenvalue weighted by atomic mass is 35.5. The fraction of sp³-hybridized carbons (Fsp3) is 0.292. The van der Waals surface area contributed by atoms with E-state index in [9.17, 15) is 0 Å². The number of benzene rings is 1. The summed E-state index contributed by atoms with van der Waals surface area (Å²) < 4.78 is 8.48. The van der Waals surface area contributed by atoms with Crippen LogP contribution in [-0.2, 0) is 6.42 Å². The van der Waals surface area contributed by atoms with Crippen molar-refractivity contribution in [2.24, 2.45) is 0 Å². The Kier molecular flexibility index (Phi) is 6.55. The molecule has 2 aromatic heterocycles. The van der Waals surface area contributed by atoms with Crippen molar-refractivity contribution < 1.29 is 4.74 Å². The van der Waals surface area contributed by atoms with Crippen LogP contribution in [0, 0.1) is 16.0 Å². The van der Waals surface area contributed by atoms with Gasteiger partial charge in [-0.25, -0.2) is 4.98 Å². The minimum absolute atomic E-state index is 0.0990. The van der Waals surface area contributed by atoms with E-state index in [1.165, 1.54) is 17.4 Å². The molecule has 31 heavy (non-hydrogen) atoms. The van der Waals surface area contributed by atoms with Gasteiger partial charge in [0, 0.05) is 50.1 Å². The van der Waals surface area contributed by atoms with Crippen LogP contribution in [0.2, 0.25) is 5.02 Å². The second kappa shape index (κ2) is 9.51. The van der Waals surface area contributed by atoms with Crippen molar-refractivity contribution in [2.45, 2.75) is 32.3 Å². The molecule has 7 heteroatoms. The van der Waals surface area contributed by atoms with Gasteiger partial charge in [-0.3, -0.25) is 4.57 Å². The molecule has 0 unspecified atom stereocenters. The van der Waals surface area contributed by atoms with Gasteiger partial charge >= 0.3 is 0 Å². The van der Waals surface area contributed by atoms with Gasteiger partial charge in [-0.1, -0.05) is 42.9 Å². The molecule has 1 fully saturated rings. The first kappa shape index (κ1) is 21.4. The zero-order chi connectivity index (χ0) is 21.8. The van der Waals surface area contributed by atoms with E-state index in [1.54, 1.807) is 29.0 Å². The molecule has 1 aromatic carbocycles. The molecule has 0 radical (unpaired) electrons. The first-order valence-corrected chi connectivity index (χ1v) is 11.1. The number of piperidine rings is 1. The highest BCUT2D eigenvalue weighted by molar-refractivity contribution is 7.71. The number of rotatable bonds is 5. The van der Waals surface area contributed by atoms with Crippen LogP contribution in [-0.4, -0.2) is 28.7 Å². The standard InChI is InChI=1S/C24H23ClN4OS/c1-2-17-3-6-19(7-4-17)28-11-9-20(10-12-28)30-22-13-24(31)29(16-21(22)25)23-8-5-18(14-26)15-27-23/h3-8,13,15-16,20H,2,9-12H2,1H3. The first-order valence-electron chi connectivity index (χ1n) is 10.4. The van der Waals surface area contributed by atoms with Crippen molar-refractivity contribution in [1.82, 2.24) is 9.55 Å². The Morgan fingerprint density at radius 1 is 1.19 bits per heavy atom. The van der Waals surface area contributed by atoms with Crippen LogP contribution in [0.4, 0.5) is 5.69 Å². The smallest absolute Gasteiger partial charge is 0.142 e. The summed E-state index contributed by atoms with van der Waals surface area (Å²) in [5.74, 6) is 1.21. The Morgan fingerprint density at radius 2 is 1.94 bits per heavy atom. The molecule has 3 heterocycles. The molecule has 4 rings (SSSR count).